The predicted molar refractivity (Wildman–Crippen MR) is 70.6 cm³/mol. The summed E-state index contributed by atoms with van der Waals surface area (Å²) in [4.78, 5) is 14.3. The minimum absolute atomic E-state index is 0.122. The van der Waals surface area contributed by atoms with E-state index in [2.05, 4.69) is 17.3 Å². The highest BCUT2D eigenvalue weighted by Crippen LogP contribution is 2.12. The molecule has 0 radical (unpaired) electrons. The molecule has 0 spiro atoms. The van der Waals surface area contributed by atoms with Crippen LogP contribution >= 0.6 is 0 Å². The maximum absolute atomic E-state index is 12.4. The van der Waals surface area contributed by atoms with Crippen molar-refractivity contribution in [1.29, 1.82) is 0 Å². The Balaban J connectivity index is 2.07. The molecule has 5 heteroatoms. The maximum Gasteiger partial charge on any atom is 0.257 e. The zero-order chi connectivity index (χ0) is 13.0. The molecule has 2 rings (SSSR count). The molecule has 0 saturated carbocycles. The molecule has 2 heterocycles. The first-order valence-corrected chi connectivity index (χ1v) is 6.76. The number of unbranched alkanes of at least 4 members (excludes halogenated alkanes) is 1. The van der Waals surface area contributed by atoms with Crippen molar-refractivity contribution in [3.63, 3.8) is 0 Å². The van der Waals surface area contributed by atoms with Crippen molar-refractivity contribution in [1.82, 2.24) is 20.0 Å². The van der Waals surface area contributed by atoms with Crippen LogP contribution in [0.3, 0.4) is 0 Å². The first kappa shape index (κ1) is 13.1. The van der Waals surface area contributed by atoms with E-state index in [1.165, 1.54) is 0 Å². The van der Waals surface area contributed by atoms with Gasteiger partial charge in [0, 0.05) is 38.4 Å². The van der Waals surface area contributed by atoms with Crippen LogP contribution in [0.4, 0.5) is 0 Å². The molecule has 1 amide bonds. The number of nitrogens with zero attached hydrogens (tertiary/aromatic N) is 3. The van der Waals surface area contributed by atoms with Crippen LogP contribution in [-0.2, 0) is 6.54 Å². The van der Waals surface area contributed by atoms with Gasteiger partial charge in [0.05, 0.1) is 11.8 Å². The monoisotopic (exact) mass is 250 g/mol. The minimum atomic E-state index is 0.122. The van der Waals surface area contributed by atoms with Gasteiger partial charge in [0.1, 0.15) is 0 Å². The molecule has 1 aliphatic rings. The summed E-state index contributed by atoms with van der Waals surface area (Å²) in [5.41, 5.74) is 1.75. The van der Waals surface area contributed by atoms with Crippen LogP contribution in [0.5, 0.6) is 0 Å². The minimum Gasteiger partial charge on any atom is -0.336 e. The highest BCUT2D eigenvalue weighted by atomic mass is 16.2. The third-order valence-electron chi connectivity index (χ3n) is 3.46. The van der Waals surface area contributed by atoms with Crippen LogP contribution in [0.15, 0.2) is 6.20 Å². The molecule has 5 nitrogen and oxygen atoms in total. The van der Waals surface area contributed by atoms with Crippen molar-refractivity contribution in [2.45, 2.75) is 33.2 Å². The standard InChI is InChI=1S/C13H22N4O/c1-3-4-7-17-11(2)12(10-15-17)13(18)16-8-5-14-6-9-16/h10,14H,3-9H2,1-2H3. The number of nitrogens with one attached hydrogen (secondary N) is 1. The Morgan fingerprint density at radius 2 is 2.17 bits per heavy atom. The summed E-state index contributed by atoms with van der Waals surface area (Å²) in [6.45, 7) is 8.39. The second-order valence-electron chi connectivity index (χ2n) is 4.76. The number of rotatable bonds is 4. The average molecular weight is 250 g/mol. The number of carbonyl (C=O) groups excluding carboxylic acids is 1. The van der Waals surface area contributed by atoms with Crippen LogP contribution in [-0.4, -0.2) is 46.8 Å². The largest absolute Gasteiger partial charge is 0.336 e. The molecule has 1 aromatic rings. The van der Waals surface area contributed by atoms with Crippen LogP contribution in [0.1, 0.15) is 35.8 Å². The molecule has 1 N–H and O–H groups in total. The van der Waals surface area contributed by atoms with E-state index < -0.39 is 0 Å². The summed E-state index contributed by atoms with van der Waals surface area (Å²) in [6, 6.07) is 0. The fourth-order valence-corrected chi connectivity index (χ4v) is 2.23. The zero-order valence-electron chi connectivity index (χ0n) is 11.3. The van der Waals surface area contributed by atoms with Crippen molar-refractivity contribution in [3.8, 4) is 0 Å². The van der Waals surface area contributed by atoms with Gasteiger partial charge in [-0.05, 0) is 13.3 Å². The first-order valence-electron chi connectivity index (χ1n) is 6.76. The summed E-state index contributed by atoms with van der Waals surface area (Å²) in [5.74, 6) is 0.122. The van der Waals surface area contributed by atoms with Gasteiger partial charge in [0.25, 0.3) is 5.91 Å². The van der Waals surface area contributed by atoms with E-state index in [0.29, 0.717) is 0 Å². The van der Waals surface area contributed by atoms with Gasteiger partial charge in [0.15, 0.2) is 0 Å². The number of hydrogen-bond acceptors (Lipinski definition) is 3. The topological polar surface area (TPSA) is 50.2 Å². The number of amides is 1. The van der Waals surface area contributed by atoms with Gasteiger partial charge in [-0.1, -0.05) is 13.3 Å². The van der Waals surface area contributed by atoms with Crippen LogP contribution in [0, 0.1) is 6.92 Å². The van der Waals surface area contributed by atoms with E-state index in [1.54, 1.807) is 6.20 Å². The number of aromatic nitrogens is 2. The molecular formula is C13H22N4O. The molecule has 0 aromatic carbocycles. The lowest BCUT2D eigenvalue weighted by atomic mass is 10.2. The van der Waals surface area contributed by atoms with Crippen molar-refractivity contribution in [2.75, 3.05) is 26.2 Å². The van der Waals surface area contributed by atoms with Crippen LogP contribution < -0.4 is 5.32 Å². The Hall–Kier alpha value is -1.36. The predicted octanol–water partition coefficient (Wildman–Crippen LogP) is 1.04. The molecule has 0 unspecified atom stereocenters. The number of piperazine rings is 1. The van der Waals surface area contributed by atoms with Gasteiger partial charge in [-0.2, -0.15) is 5.10 Å². The zero-order valence-corrected chi connectivity index (χ0v) is 11.3. The SMILES string of the molecule is CCCCn1ncc(C(=O)N2CCNCC2)c1C. The van der Waals surface area contributed by atoms with Crippen molar-refractivity contribution >= 4 is 5.91 Å². The maximum atomic E-state index is 12.4. The van der Waals surface area contributed by atoms with E-state index in [9.17, 15) is 4.79 Å². The van der Waals surface area contributed by atoms with Gasteiger partial charge in [0.2, 0.25) is 0 Å². The van der Waals surface area contributed by atoms with Crippen molar-refractivity contribution in [2.24, 2.45) is 0 Å². The lowest BCUT2D eigenvalue weighted by Gasteiger charge is -2.27. The average Bonchev–Trinajstić information content (AvgIpc) is 2.78. The molecule has 1 fully saturated rings. The van der Waals surface area contributed by atoms with Crippen molar-refractivity contribution < 1.29 is 4.79 Å². The number of carbonyl (C=O) groups is 1. The molecule has 0 bridgehead atoms. The Bertz CT molecular complexity index is 407. The Labute approximate surface area is 108 Å². The summed E-state index contributed by atoms with van der Waals surface area (Å²) in [6.07, 6.45) is 3.96. The fraction of sp³-hybridized carbons (Fsp3) is 0.692. The molecule has 1 saturated heterocycles. The van der Waals surface area contributed by atoms with E-state index in [-0.39, 0.29) is 5.91 Å². The smallest absolute Gasteiger partial charge is 0.257 e. The highest BCUT2D eigenvalue weighted by Gasteiger charge is 2.21. The molecule has 18 heavy (non-hydrogen) atoms. The van der Waals surface area contributed by atoms with E-state index >= 15 is 0 Å². The second kappa shape index (κ2) is 6.00. The third kappa shape index (κ3) is 2.72. The van der Waals surface area contributed by atoms with E-state index in [1.807, 2.05) is 16.5 Å². The molecule has 100 valence electrons. The van der Waals surface area contributed by atoms with E-state index in [0.717, 1.165) is 56.8 Å². The highest BCUT2D eigenvalue weighted by molar-refractivity contribution is 5.95. The fourth-order valence-electron chi connectivity index (χ4n) is 2.23. The van der Waals surface area contributed by atoms with Crippen molar-refractivity contribution in [3.05, 3.63) is 17.5 Å². The second-order valence-corrected chi connectivity index (χ2v) is 4.76. The van der Waals surface area contributed by atoms with Gasteiger partial charge >= 0.3 is 0 Å². The Morgan fingerprint density at radius 3 is 2.83 bits per heavy atom. The number of hydrogen-bond donors (Lipinski definition) is 1. The summed E-state index contributed by atoms with van der Waals surface area (Å²) in [7, 11) is 0. The lowest BCUT2D eigenvalue weighted by Crippen LogP contribution is -2.46. The molecule has 1 aliphatic heterocycles. The van der Waals surface area contributed by atoms with Gasteiger partial charge < -0.3 is 10.2 Å². The molecular weight excluding hydrogens is 228 g/mol. The Kier molecular flexibility index (Phi) is 4.36. The molecule has 1 aromatic heterocycles. The van der Waals surface area contributed by atoms with E-state index in [4.69, 9.17) is 0 Å². The third-order valence-corrected chi connectivity index (χ3v) is 3.46. The summed E-state index contributed by atoms with van der Waals surface area (Å²) >= 11 is 0. The quantitative estimate of drug-likeness (QED) is 0.868. The van der Waals surface area contributed by atoms with Gasteiger partial charge in [-0.3, -0.25) is 9.48 Å². The van der Waals surface area contributed by atoms with Crippen LogP contribution in [0.25, 0.3) is 0 Å². The first-order chi connectivity index (χ1) is 8.74. The molecule has 0 atom stereocenters. The van der Waals surface area contributed by atoms with Gasteiger partial charge in [-0.25, -0.2) is 0 Å². The normalized spacial score (nSPS) is 16.0. The Morgan fingerprint density at radius 1 is 1.44 bits per heavy atom. The lowest BCUT2D eigenvalue weighted by molar-refractivity contribution is 0.0735. The molecule has 0 aliphatic carbocycles. The summed E-state index contributed by atoms with van der Waals surface area (Å²) in [5, 5.41) is 7.58. The van der Waals surface area contributed by atoms with Crippen LogP contribution in [0.2, 0.25) is 0 Å². The number of aryl methyl sites for hydroxylation is 1. The van der Waals surface area contributed by atoms with Gasteiger partial charge in [-0.15, -0.1) is 0 Å². The summed E-state index contributed by atoms with van der Waals surface area (Å²) < 4.78 is 1.94.